The molecule has 1 fully saturated rings. The van der Waals surface area contributed by atoms with Crippen LogP contribution in [0.3, 0.4) is 0 Å². The summed E-state index contributed by atoms with van der Waals surface area (Å²) in [5, 5.41) is 6.64. The first kappa shape index (κ1) is 18.9. The molecule has 1 unspecified atom stereocenters. The van der Waals surface area contributed by atoms with Gasteiger partial charge in [-0.1, -0.05) is 30.3 Å². The summed E-state index contributed by atoms with van der Waals surface area (Å²) in [5.74, 6) is 0.327. The second-order valence-electron chi connectivity index (χ2n) is 6.31. The highest BCUT2D eigenvalue weighted by molar-refractivity contribution is 5.85. The van der Waals surface area contributed by atoms with Gasteiger partial charge in [-0.15, -0.1) is 12.4 Å². The molecule has 4 nitrogen and oxygen atoms in total. The number of hydrogen-bond acceptors (Lipinski definition) is 3. The van der Waals surface area contributed by atoms with Crippen LogP contribution in [0.2, 0.25) is 0 Å². The maximum atomic E-state index is 12.6. The largest absolute Gasteiger partial charge is 0.348 e. The number of carbonyl (C=O) groups excluding carboxylic acids is 1. The number of hydrogen-bond donors (Lipinski definition) is 2. The van der Waals surface area contributed by atoms with Crippen LogP contribution in [0, 0.1) is 5.92 Å². The Balaban J connectivity index is 0.00000242. The molecular weight excluding hydrogens is 298 g/mol. The summed E-state index contributed by atoms with van der Waals surface area (Å²) < 4.78 is 0. The van der Waals surface area contributed by atoms with Crippen molar-refractivity contribution < 1.29 is 4.79 Å². The highest BCUT2D eigenvalue weighted by Crippen LogP contribution is 2.19. The van der Waals surface area contributed by atoms with Crippen molar-refractivity contribution in [1.29, 1.82) is 0 Å². The van der Waals surface area contributed by atoms with E-state index in [2.05, 4.69) is 34.6 Å². The van der Waals surface area contributed by atoms with Crippen molar-refractivity contribution in [2.75, 3.05) is 27.2 Å². The quantitative estimate of drug-likeness (QED) is 0.872. The third-order valence-electron chi connectivity index (χ3n) is 4.06. The summed E-state index contributed by atoms with van der Waals surface area (Å²) in [6, 6.07) is 10.7. The second-order valence-corrected chi connectivity index (χ2v) is 6.31. The van der Waals surface area contributed by atoms with Gasteiger partial charge in [-0.25, -0.2) is 0 Å². The molecule has 0 radical (unpaired) electrons. The normalized spacial score (nSPS) is 22.7. The van der Waals surface area contributed by atoms with Gasteiger partial charge < -0.3 is 15.5 Å². The molecule has 124 valence electrons. The first-order chi connectivity index (χ1) is 10.1. The molecule has 0 bridgehead atoms. The SMILES string of the molecule is C[C@H]1C[C@@H](C(=O)NC(CN(C)C)c2ccccc2)CCN1.Cl. The third kappa shape index (κ3) is 5.59. The molecule has 1 aliphatic rings. The van der Waals surface area contributed by atoms with E-state index >= 15 is 0 Å². The number of carbonyl (C=O) groups is 1. The van der Waals surface area contributed by atoms with Gasteiger partial charge in [-0.3, -0.25) is 4.79 Å². The Kier molecular flexibility index (Phi) is 7.87. The van der Waals surface area contributed by atoms with Crippen LogP contribution in [0.1, 0.15) is 31.4 Å². The second kappa shape index (κ2) is 9.13. The zero-order chi connectivity index (χ0) is 15.2. The smallest absolute Gasteiger partial charge is 0.223 e. The summed E-state index contributed by atoms with van der Waals surface area (Å²) in [6.45, 7) is 3.90. The van der Waals surface area contributed by atoms with Crippen LogP contribution in [0.15, 0.2) is 30.3 Å². The van der Waals surface area contributed by atoms with Crippen molar-refractivity contribution in [3.05, 3.63) is 35.9 Å². The number of nitrogens with zero attached hydrogens (tertiary/aromatic N) is 1. The van der Waals surface area contributed by atoms with E-state index in [-0.39, 0.29) is 30.3 Å². The number of benzene rings is 1. The third-order valence-corrected chi connectivity index (χ3v) is 4.06. The lowest BCUT2D eigenvalue weighted by Crippen LogP contribution is -2.44. The van der Waals surface area contributed by atoms with E-state index in [4.69, 9.17) is 0 Å². The van der Waals surface area contributed by atoms with Crippen molar-refractivity contribution in [3.63, 3.8) is 0 Å². The predicted molar refractivity (Wildman–Crippen MR) is 93.3 cm³/mol. The van der Waals surface area contributed by atoms with E-state index in [0.29, 0.717) is 6.04 Å². The lowest BCUT2D eigenvalue weighted by atomic mass is 9.92. The topological polar surface area (TPSA) is 44.4 Å². The van der Waals surface area contributed by atoms with Crippen LogP contribution in [0.4, 0.5) is 0 Å². The van der Waals surface area contributed by atoms with Crippen molar-refractivity contribution in [2.45, 2.75) is 31.8 Å². The first-order valence-corrected chi connectivity index (χ1v) is 7.79. The zero-order valence-electron chi connectivity index (χ0n) is 13.7. The van der Waals surface area contributed by atoms with Gasteiger partial charge in [-0.05, 0) is 46.0 Å². The fourth-order valence-electron chi connectivity index (χ4n) is 2.94. The van der Waals surface area contributed by atoms with Gasteiger partial charge in [0, 0.05) is 18.5 Å². The lowest BCUT2D eigenvalue weighted by Gasteiger charge is -2.30. The summed E-state index contributed by atoms with van der Waals surface area (Å²) in [6.07, 6.45) is 1.86. The van der Waals surface area contributed by atoms with Crippen LogP contribution in [-0.2, 0) is 4.79 Å². The summed E-state index contributed by atoms with van der Waals surface area (Å²) in [4.78, 5) is 14.7. The van der Waals surface area contributed by atoms with Gasteiger partial charge in [-0.2, -0.15) is 0 Å². The fourth-order valence-corrected chi connectivity index (χ4v) is 2.94. The molecule has 0 spiro atoms. The van der Waals surface area contributed by atoms with Crippen LogP contribution in [0.25, 0.3) is 0 Å². The van der Waals surface area contributed by atoms with Gasteiger partial charge in [0.05, 0.1) is 6.04 Å². The number of likely N-dealkylation sites (N-methyl/N-ethyl adjacent to an activating group) is 1. The van der Waals surface area contributed by atoms with Crippen molar-refractivity contribution in [2.24, 2.45) is 5.92 Å². The minimum Gasteiger partial charge on any atom is -0.348 e. The van der Waals surface area contributed by atoms with E-state index < -0.39 is 0 Å². The zero-order valence-corrected chi connectivity index (χ0v) is 14.5. The summed E-state index contributed by atoms with van der Waals surface area (Å²) in [7, 11) is 4.07. The van der Waals surface area contributed by atoms with Crippen LogP contribution in [0.5, 0.6) is 0 Å². The molecule has 22 heavy (non-hydrogen) atoms. The van der Waals surface area contributed by atoms with Crippen molar-refractivity contribution in [1.82, 2.24) is 15.5 Å². The summed E-state index contributed by atoms with van der Waals surface area (Å²) in [5.41, 5.74) is 1.17. The van der Waals surface area contributed by atoms with E-state index in [0.717, 1.165) is 25.9 Å². The molecule has 5 heteroatoms. The number of piperidine rings is 1. The highest BCUT2D eigenvalue weighted by atomic mass is 35.5. The molecule has 1 heterocycles. The molecule has 3 atom stereocenters. The number of rotatable bonds is 5. The van der Waals surface area contributed by atoms with Gasteiger partial charge >= 0.3 is 0 Å². The minimum atomic E-state index is 0. The molecule has 2 N–H and O–H groups in total. The van der Waals surface area contributed by atoms with E-state index in [1.807, 2.05) is 32.3 Å². The Bertz CT molecular complexity index is 452. The van der Waals surface area contributed by atoms with Crippen LogP contribution >= 0.6 is 12.4 Å². The number of nitrogens with one attached hydrogen (secondary N) is 2. The Morgan fingerprint density at radius 3 is 2.64 bits per heavy atom. The van der Waals surface area contributed by atoms with Crippen LogP contribution < -0.4 is 10.6 Å². The van der Waals surface area contributed by atoms with Gasteiger partial charge in [0.25, 0.3) is 0 Å². The minimum absolute atomic E-state index is 0. The molecule has 2 rings (SSSR count). The van der Waals surface area contributed by atoms with Crippen molar-refractivity contribution >= 4 is 18.3 Å². The van der Waals surface area contributed by atoms with Gasteiger partial charge in [0.2, 0.25) is 5.91 Å². The molecular formula is C17H28ClN3O. The average Bonchev–Trinajstić information content (AvgIpc) is 2.47. The Morgan fingerprint density at radius 1 is 1.36 bits per heavy atom. The standard InChI is InChI=1S/C17H27N3O.ClH/c1-13-11-15(9-10-18-13)17(21)19-16(12-20(2)3)14-7-5-4-6-8-14;/h4-8,13,15-16,18H,9-12H2,1-3H3,(H,19,21);1H/t13-,15-,16?;/m0./s1. The predicted octanol–water partition coefficient (Wildman–Crippen LogP) is 2.22. The number of halogens is 1. The summed E-state index contributed by atoms with van der Waals surface area (Å²) >= 11 is 0. The fraction of sp³-hybridized carbons (Fsp3) is 0.588. The maximum Gasteiger partial charge on any atom is 0.223 e. The molecule has 1 aromatic rings. The molecule has 0 aliphatic carbocycles. The van der Waals surface area contributed by atoms with E-state index in [9.17, 15) is 4.79 Å². The van der Waals surface area contributed by atoms with Gasteiger partial charge in [0.1, 0.15) is 0 Å². The van der Waals surface area contributed by atoms with Crippen molar-refractivity contribution in [3.8, 4) is 0 Å². The van der Waals surface area contributed by atoms with Gasteiger partial charge in [0.15, 0.2) is 0 Å². The molecule has 0 aromatic heterocycles. The van der Waals surface area contributed by atoms with Crippen LogP contribution in [-0.4, -0.2) is 44.0 Å². The lowest BCUT2D eigenvalue weighted by molar-refractivity contribution is -0.127. The Hall–Kier alpha value is -1.10. The van der Waals surface area contributed by atoms with E-state index in [1.165, 1.54) is 5.56 Å². The average molecular weight is 326 g/mol. The monoisotopic (exact) mass is 325 g/mol. The maximum absolute atomic E-state index is 12.6. The molecule has 1 aromatic carbocycles. The van der Waals surface area contributed by atoms with E-state index in [1.54, 1.807) is 0 Å². The molecule has 1 amide bonds. The molecule has 1 saturated heterocycles. The Morgan fingerprint density at radius 2 is 2.05 bits per heavy atom. The molecule has 0 saturated carbocycles. The Labute approximate surface area is 140 Å². The highest BCUT2D eigenvalue weighted by Gasteiger charge is 2.26. The first-order valence-electron chi connectivity index (χ1n) is 7.79. The molecule has 1 aliphatic heterocycles. The number of amides is 1.